The van der Waals surface area contributed by atoms with Crippen LogP contribution in [0.4, 0.5) is 5.82 Å². The highest BCUT2D eigenvalue weighted by atomic mass is 16.1. The molecule has 24 heavy (non-hydrogen) atoms. The Morgan fingerprint density at radius 1 is 1.25 bits per heavy atom. The fourth-order valence-corrected chi connectivity index (χ4v) is 2.89. The van der Waals surface area contributed by atoms with Gasteiger partial charge in [-0.15, -0.1) is 0 Å². The highest BCUT2D eigenvalue weighted by Gasteiger charge is 2.15. The van der Waals surface area contributed by atoms with E-state index in [4.69, 9.17) is 0 Å². The van der Waals surface area contributed by atoms with Crippen LogP contribution in [-0.4, -0.2) is 25.5 Å². The van der Waals surface area contributed by atoms with Gasteiger partial charge in [-0.25, -0.2) is 4.68 Å². The molecule has 2 rings (SSSR count). The Morgan fingerprint density at radius 3 is 2.58 bits per heavy atom. The van der Waals surface area contributed by atoms with E-state index < -0.39 is 0 Å². The van der Waals surface area contributed by atoms with Gasteiger partial charge in [-0.2, -0.15) is 10.2 Å². The third-order valence-electron chi connectivity index (χ3n) is 4.10. The molecule has 0 atom stereocenters. The van der Waals surface area contributed by atoms with Crippen LogP contribution in [0.25, 0.3) is 0 Å². The van der Waals surface area contributed by atoms with Crippen molar-refractivity contribution in [3.05, 3.63) is 29.2 Å². The number of hydrogen-bond donors (Lipinski definition) is 1. The van der Waals surface area contributed by atoms with Crippen LogP contribution in [0.3, 0.4) is 0 Å². The fraction of sp³-hybridized carbons (Fsp3) is 0.611. The molecular formula is C18H29N5O. The lowest BCUT2D eigenvalue weighted by molar-refractivity contribution is -0.116. The smallest absolute Gasteiger partial charge is 0.225 e. The molecule has 0 aliphatic rings. The molecular weight excluding hydrogens is 302 g/mol. The van der Waals surface area contributed by atoms with Gasteiger partial charge in [0.05, 0.1) is 11.9 Å². The molecule has 0 spiro atoms. The van der Waals surface area contributed by atoms with Crippen molar-refractivity contribution in [1.82, 2.24) is 19.6 Å². The number of nitrogens with zero attached hydrogens (tertiary/aromatic N) is 4. The molecule has 0 bridgehead atoms. The number of aryl methyl sites for hydroxylation is 1. The van der Waals surface area contributed by atoms with E-state index in [1.54, 1.807) is 6.20 Å². The Morgan fingerprint density at radius 2 is 1.96 bits per heavy atom. The normalized spacial score (nSPS) is 11.5. The monoisotopic (exact) mass is 331 g/mol. The number of anilines is 1. The largest absolute Gasteiger partial charge is 0.311 e. The lowest BCUT2D eigenvalue weighted by atomic mass is 10.1. The van der Waals surface area contributed by atoms with Gasteiger partial charge in [0, 0.05) is 30.8 Å². The number of nitrogens with one attached hydrogen (secondary N) is 1. The van der Waals surface area contributed by atoms with E-state index in [1.165, 1.54) is 11.3 Å². The molecule has 0 radical (unpaired) electrons. The molecule has 6 nitrogen and oxygen atoms in total. The first-order valence-corrected chi connectivity index (χ1v) is 8.65. The van der Waals surface area contributed by atoms with Gasteiger partial charge in [0.1, 0.15) is 5.82 Å². The Bertz CT molecular complexity index is 696. The summed E-state index contributed by atoms with van der Waals surface area (Å²) in [6.45, 7) is 13.5. The first-order chi connectivity index (χ1) is 11.3. The van der Waals surface area contributed by atoms with Crippen molar-refractivity contribution in [3.63, 3.8) is 0 Å². The maximum atomic E-state index is 12.3. The summed E-state index contributed by atoms with van der Waals surface area (Å²) in [6.07, 6.45) is 2.86. The van der Waals surface area contributed by atoms with Crippen LogP contribution >= 0.6 is 0 Å². The second-order valence-electron chi connectivity index (χ2n) is 7.03. The summed E-state index contributed by atoms with van der Waals surface area (Å²) < 4.78 is 3.87. The van der Waals surface area contributed by atoms with Gasteiger partial charge >= 0.3 is 0 Å². The second kappa shape index (κ2) is 7.64. The van der Waals surface area contributed by atoms with Crippen LogP contribution in [0.15, 0.2) is 12.3 Å². The maximum absolute atomic E-state index is 12.3. The molecule has 0 unspecified atom stereocenters. The third-order valence-corrected chi connectivity index (χ3v) is 4.10. The van der Waals surface area contributed by atoms with Crippen LogP contribution < -0.4 is 5.32 Å². The van der Waals surface area contributed by atoms with Gasteiger partial charge in [-0.05, 0) is 45.6 Å². The minimum atomic E-state index is 0.00723. The van der Waals surface area contributed by atoms with Crippen molar-refractivity contribution < 1.29 is 4.79 Å². The summed E-state index contributed by atoms with van der Waals surface area (Å²) in [5, 5.41) is 11.8. The Labute approximate surface area is 144 Å². The van der Waals surface area contributed by atoms with E-state index in [2.05, 4.69) is 41.0 Å². The van der Waals surface area contributed by atoms with Crippen LogP contribution in [0, 0.1) is 19.8 Å². The lowest BCUT2D eigenvalue weighted by Crippen LogP contribution is -2.17. The molecule has 2 heterocycles. The van der Waals surface area contributed by atoms with Gasteiger partial charge < -0.3 is 5.32 Å². The lowest BCUT2D eigenvalue weighted by Gasteiger charge is -2.12. The third kappa shape index (κ3) is 4.24. The molecule has 0 saturated heterocycles. The van der Waals surface area contributed by atoms with Crippen molar-refractivity contribution in [2.24, 2.45) is 5.92 Å². The maximum Gasteiger partial charge on any atom is 0.225 e. The SMILES string of the molecule is Cc1nn(CC(C)C)c(C)c1CCC(=O)Nc1ccnn1C(C)C. The summed E-state index contributed by atoms with van der Waals surface area (Å²) in [6, 6.07) is 2.05. The molecule has 0 aromatic carbocycles. The van der Waals surface area contributed by atoms with Crippen molar-refractivity contribution in [3.8, 4) is 0 Å². The van der Waals surface area contributed by atoms with Gasteiger partial charge in [0.2, 0.25) is 5.91 Å². The number of hydrogen-bond acceptors (Lipinski definition) is 3. The number of carbonyl (C=O) groups is 1. The zero-order valence-corrected chi connectivity index (χ0v) is 15.6. The summed E-state index contributed by atoms with van der Waals surface area (Å²) in [5.41, 5.74) is 3.37. The highest BCUT2D eigenvalue weighted by molar-refractivity contribution is 5.90. The predicted molar refractivity (Wildman–Crippen MR) is 96.1 cm³/mol. The molecule has 0 saturated carbocycles. The average molecular weight is 331 g/mol. The first-order valence-electron chi connectivity index (χ1n) is 8.65. The van der Waals surface area contributed by atoms with Gasteiger partial charge in [0.15, 0.2) is 0 Å². The molecule has 6 heteroatoms. The standard InChI is InChI=1S/C18H29N5O/c1-12(2)11-22-15(6)16(14(5)21-22)7-8-18(24)20-17-9-10-19-23(17)13(3)4/h9-10,12-13H,7-8,11H2,1-6H3,(H,20,24). The van der Waals surface area contributed by atoms with Crippen molar-refractivity contribution >= 4 is 11.7 Å². The van der Waals surface area contributed by atoms with Crippen LogP contribution in [0.5, 0.6) is 0 Å². The van der Waals surface area contributed by atoms with E-state index in [9.17, 15) is 4.79 Å². The summed E-state index contributed by atoms with van der Waals surface area (Å²) in [5.74, 6) is 1.31. The predicted octanol–water partition coefficient (Wildman–Crippen LogP) is 3.50. The molecule has 0 aliphatic heterocycles. The van der Waals surface area contributed by atoms with Crippen molar-refractivity contribution in [2.45, 2.75) is 67.0 Å². The van der Waals surface area contributed by atoms with Crippen molar-refractivity contribution in [2.75, 3.05) is 5.32 Å². The first kappa shape index (κ1) is 18.2. The molecule has 0 aliphatic carbocycles. The van der Waals surface area contributed by atoms with Crippen LogP contribution in [0.2, 0.25) is 0 Å². The average Bonchev–Trinajstić information content (AvgIpc) is 3.03. The fourth-order valence-electron chi connectivity index (χ4n) is 2.89. The van der Waals surface area contributed by atoms with Gasteiger partial charge in [-0.3, -0.25) is 9.48 Å². The molecule has 1 amide bonds. The Balaban J connectivity index is 1.99. The molecule has 2 aromatic rings. The minimum absolute atomic E-state index is 0.00723. The van der Waals surface area contributed by atoms with Gasteiger partial charge in [-0.1, -0.05) is 13.8 Å². The number of amides is 1. The van der Waals surface area contributed by atoms with E-state index in [-0.39, 0.29) is 11.9 Å². The van der Waals surface area contributed by atoms with Gasteiger partial charge in [0.25, 0.3) is 0 Å². The van der Waals surface area contributed by atoms with Crippen LogP contribution in [0.1, 0.15) is 57.1 Å². The zero-order chi connectivity index (χ0) is 17.9. The summed E-state index contributed by atoms with van der Waals surface area (Å²) in [4.78, 5) is 12.3. The molecule has 1 N–H and O–H groups in total. The minimum Gasteiger partial charge on any atom is -0.311 e. The Kier molecular flexibility index (Phi) is 5.80. The molecule has 0 fully saturated rings. The van der Waals surface area contributed by atoms with E-state index in [0.29, 0.717) is 18.8 Å². The highest BCUT2D eigenvalue weighted by Crippen LogP contribution is 2.18. The zero-order valence-electron chi connectivity index (χ0n) is 15.6. The van der Waals surface area contributed by atoms with Crippen molar-refractivity contribution in [1.29, 1.82) is 0 Å². The van der Waals surface area contributed by atoms with E-state index in [1.807, 2.05) is 31.5 Å². The topological polar surface area (TPSA) is 64.7 Å². The van der Waals surface area contributed by atoms with E-state index in [0.717, 1.165) is 18.1 Å². The second-order valence-corrected chi connectivity index (χ2v) is 7.03. The Hall–Kier alpha value is -2.11. The quantitative estimate of drug-likeness (QED) is 0.844. The molecule has 132 valence electrons. The number of rotatable bonds is 7. The number of carbonyl (C=O) groups excluding carboxylic acids is 1. The number of aromatic nitrogens is 4. The summed E-state index contributed by atoms with van der Waals surface area (Å²) >= 11 is 0. The molecule has 2 aromatic heterocycles. The van der Waals surface area contributed by atoms with Crippen LogP contribution in [-0.2, 0) is 17.8 Å². The summed E-state index contributed by atoms with van der Waals surface area (Å²) in [7, 11) is 0. The van der Waals surface area contributed by atoms with E-state index >= 15 is 0 Å².